The third-order valence-corrected chi connectivity index (χ3v) is 9.09. The minimum Gasteiger partial charge on any atom is -0.318 e. The number of nitrogens with zero attached hydrogens (tertiary/aromatic N) is 3. The molecule has 0 aliphatic carbocycles. The molecule has 0 saturated carbocycles. The predicted molar refractivity (Wildman–Crippen MR) is 118 cm³/mol. The third kappa shape index (κ3) is 2.98. The Balaban J connectivity index is 1.57. The van der Waals surface area contributed by atoms with Gasteiger partial charge in [0.15, 0.2) is 0 Å². The molecule has 6 nitrogen and oxygen atoms in total. The van der Waals surface area contributed by atoms with Crippen LogP contribution in [-0.2, 0) is 21.4 Å². The smallest absolute Gasteiger partial charge is 0.252 e. The summed E-state index contributed by atoms with van der Waals surface area (Å²) >= 11 is 12.2. The van der Waals surface area contributed by atoms with Crippen molar-refractivity contribution in [2.24, 2.45) is 5.92 Å². The average Bonchev–Trinajstić information content (AvgIpc) is 3.25. The summed E-state index contributed by atoms with van der Waals surface area (Å²) in [6.07, 6.45) is 5.58. The Morgan fingerprint density at radius 1 is 1.19 bits per heavy atom. The molecule has 3 aliphatic rings. The molecule has 2 bridgehead atoms. The number of aromatic nitrogens is 1. The largest absolute Gasteiger partial charge is 0.318 e. The zero-order valence-electron chi connectivity index (χ0n) is 16.6. The lowest BCUT2D eigenvalue weighted by molar-refractivity contribution is -0.114. The minimum absolute atomic E-state index is 0.0400. The van der Waals surface area contributed by atoms with E-state index in [-0.39, 0.29) is 32.8 Å². The van der Waals surface area contributed by atoms with Gasteiger partial charge in [-0.15, -0.1) is 6.58 Å². The van der Waals surface area contributed by atoms with Gasteiger partial charge in [-0.3, -0.25) is 9.78 Å². The van der Waals surface area contributed by atoms with E-state index in [1.165, 1.54) is 22.5 Å². The lowest BCUT2D eigenvalue weighted by Gasteiger charge is -2.34. The lowest BCUT2D eigenvalue weighted by Crippen LogP contribution is -2.47. The van der Waals surface area contributed by atoms with Gasteiger partial charge in [0, 0.05) is 28.2 Å². The van der Waals surface area contributed by atoms with Crippen molar-refractivity contribution < 1.29 is 13.2 Å². The van der Waals surface area contributed by atoms with Crippen molar-refractivity contribution in [2.75, 3.05) is 0 Å². The fourth-order valence-electron chi connectivity index (χ4n) is 5.56. The molecular formula is C22H21Cl2N3O3S. The zero-order chi connectivity index (χ0) is 22.0. The number of hydrogen-bond acceptors (Lipinski definition) is 4. The molecule has 1 spiro atoms. The summed E-state index contributed by atoms with van der Waals surface area (Å²) in [7, 11) is -3.91. The van der Waals surface area contributed by atoms with Crippen molar-refractivity contribution in [2.45, 2.75) is 48.3 Å². The average molecular weight is 478 g/mol. The van der Waals surface area contributed by atoms with E-state index in [0.717, 1.165) is 12.1 Å². The Kier molecular flexibility index (Phi) is 4.93. The Hall–Kier alpha value is -1.93. The number of pyridine rings is 1. The Labute approximate surface area is 191 Å². The number of halogens is 2. The van der Waals surface area contributed by atoms with E-state index in [0.29, 0.717) is 19.4 Å². The molecule has 4 heterocycles. The van der Waals surface area contributed by atoms with Gasteiger partial charge in [-0.1, -0.05) is 41.8 Å². The number of fused-ring (bicyclic) bond motifs is 3. The summed E-state index contributed by atoms with van der Waals surface area (Å²) in [5.74, 6) is -0.331. The van der Waals surface area contributed by atoms with E-state index >= 15 is 0 Å². The number of carbonyl (C=O) groups excluding carboxylic acids is 1. The van der Waals surface area contributed by atoms with E-state index in [1.54, 1.807) is 17.2 Å². The van der Waals surface area contributed by atoms with E-state index in [4.69, 9.17) is 23.2 Å². The van der Waals surface area contributed by atoms with Crippen LogP contribution >= 0.6 is 23.2 Å². The van der Waals surface area contributed by atoms with Crippen LogP contribution in [0.25, 0.3) is 0 Å². The number of hydrogen-bond donors (Lipinski definition) is 0. The van der Waals surface area contributed by atoms with Crippen molar-refractivity contribution in [3.05, 3.63) is 71.0 Å². The maximum Gasteiger partial charge on any atom is 0.252 e. The molecule has 0 radical (unpaired) electrons. The normalized spacial score (nSPS) is 30.1. The van der Waals surface area contributed by atoms with Crippen molar-refractivity contribution in [3.63, 3.8) is 0 Å². The molecule has 3 aliphatic heterocycles. The number of rotatable bonds is 5. The van der Waals surface area contributed by atoms with Gasteiger partial charge in [0.05, 0.1) is 23.2 Å². The van der Waals surface area contributed by atoms with Crippen molar-refractivity contribution in [1.29, 1.82) is 0 Å². The van der Waals surface area contributed by atoms with Gasteiger partial charge < -0.3 is 4.90 Å². The Morgan fingerprint density at radius 2 is 1.94 bits per heavy atom. The van der Waals surface area contributed by atoms with Crippen LogP contribution < -0.4 is 0 Å². The fourth-order valence-corrected chi connectivity index (χ4v) is 8.20. The topological polar surface area (TPSA) is 70.3 Å². The SMILES string of the molecule is C=CC1C2CCCC(N2S(=O)(=O)c2cc(Cl)cc(Cl)c2)C12C(=O)N2Cc1ccccn1. The van der Waals surface area contributed by atoms with Crippen LogP contribution in [0.15, 0.2) is 60.1 Å². The number of amides is 1. The van der Waals surface area contributed by atoms with Crippen LogP contribution in [0.5, 0.6) is 0 Å². The molecule has 1 amide bonds. The summed E-state index contributed by atoms with van der Waals surface area (Å²) in [6, 6.07) is 9.08. The number of piperidine rings is 1. The first-order valence-electron chi connectivity index (χ1n) is 10.2. The summed E-state index contributed by atoms with van der Waals surface area (Å²) < 4.78 is 29.0. The second kappa shape index (κ2) is 7.30. The third-order valence-electron chi connectivity index (χ3n) is 6.74. The molecule has 1 aromatic carbocycles. The maximum atomic E-state index is 13.7. The fraction of sp³-hybridized carbons (Fsp3) is 0.364. The molecule has 4 unspecified atom stereocenters. The lowest BCUT2D eigenvalue weighted by atomic mass is 9.87. The first-order valence-corrected chi connectivity index (χ1v) is 12.4. The first kappa shape index (κ1) is 20.9. The summed E-state index contributed by atoms with van der Waals surface area (Å²) in [4.78, 5) is 19.4. The highest BCUT2D eigenvalue weighted by atomic mass is 35.5. The molecule has 162 valence electrons. The van der Waals surface area contributed by atoms with Gasteiger partial charge in [-0.05, 0) is 43.2 Å². The van der Waals surface area contributed by atoms with Gasteiger partial charge in [0.1, 0.15) is 5.54 Å². The monoisotopic (exact) mass is 477 g/mol. The maximum absolute atomic E-state index is 13.7. The molecule has 9 heteroatoms. The second-order valence-corrected chi connectivity index (χ2v) is 11.0. The van der Waals surface area contributed by atoms with Gasteiger partial charge in [-0.25, -0.2) is 8.42 Å². The van der Waals surface area contributed by atoms with E-state index in [9.17, 15) is 13.2 Å². The number of carbonyl (C=O) groups is 1. The van der Waals surface area contributed by atoms with E-state index in [2.05, 4.69) is 11.6 Å². The molecule has 1 aromatic heterocycles. The highest BCUT2D eigenvalue weighted by Crippen LogP contribution is 2.59. The van der Waals surface area contributed by atoms with E-state index in [1.807, 2.05) is 18.2 Å². The van der Waals surface area contributed by atoms with Gasteiger partial charge in [0.25, 0.3) is 5.91 Å². The van der Waals surface area contributed by atoms with Crippen molar-refractivity contribution in [3.8, 4) is 0 Å². The summed E-state index contributed by atoms with van der Waals surface area (Å²) in [5.41, 5.74) is -0.122. The second-order valence-electron chi connectivity index (χ2n) is 8.25. The summed E-state index contributed by atoms with van der Waals surface area (Å²) in [6.45, 7) is 4.33. The molecule has 5 rings (SSSR count). The van der Waals surface area contributed by atoms with Gasteiger partial charge in [0.2, 0.25) is 10.0 Å². The van der Waals surface area contributed by atoms with Crippen LogP contribution in [0.1, 0.15) is 25.0 Å². The Bertz CT molecular complexity index is 1150. The standard InChI is InChI=1S/C22H21Cl2N3O3S/c1-2-18-19-7-5-8-20(22(18)21(28)26(22)13-16-6-3-4-9-25-16)27(19)31(29,30)17-11-14(23)10-15(24)12-17/h2-4,6,9-12,18-20H,1,5,7-8,13H2. The van der Waals surface area contributed by atoms with Gasteiger partial charge >= 0.3 is 0 Å². The molecule has 3 saturated heterocycles. The van der Waals surface area contributed by atoms with Gasteiger partial charge in [-0.2, -0.15) is 4.31 Å². The predicted octanol–water partition coefficient (Wildman–Crippen LogP) is 3.90. The van der Waals surface area contributed by atoms with Crippen LogP contribution in [0.4, 0.5) is 0 Å². The first-order chi connectivity index (χ1) is 14.8. The number of benzene rings is 1. The van der Waals surface area contributed by atoms with Crippen molar-refractivity contribution in [1.82, 2.24) is 14.2 Å². The highest BCUT2D eigenvalue weighted by molar-refractivity contribution is 7.89. The molecular weight excluding hydrogens is 457 g/mol. The number of sulfonamides is 1. The quantitative estimate of drug-likeness (QED) is 0.483. The van der Waals surface area contributed by atoms with Crippen molar-refractivity contribution >= 4 is 39.1 Å². The summed E-state index contributed by atoms with van der Waals surface area (Å²) in [5, 5.41) is 0.509. The molecule has 31 heavy (non-hydrogen) atoms. The Morgan fingerprint density at radius 3 is 2.58 bits per heavy atom. The highest BCUT2D eigenvalue weighted by Gasteiger charge is 2.78. The molecule has 0 N–H and O–H groups in total. The molecule has 4 atom stereocenters. The van der Waals surface area contributed by atoms with E-state index < -0.39 is 21.6 Å². The molecule has 3 fully saturated rings. The minimum atomic E-state index is -3.91. The van der Waals surface area contributed by atoms with Crippen LogP contribution in [0.2, 0.25) is 10.0 Å². The van der Waals surface area contributed by atoms with Crippen LogP contribution in [-0.4, -0.2) is 46.1 Å². The zero-order valence-corrected chi connectivity index (χ0v) is 18.9. The van der Waals surface area contributed by atoms with Crippen LogP contribution in [0.3, 0.4) is 0 Å². The van der Waals surface area contributed by atoms with Crippen LogP contribution in [0, 0.1) is 5.92 Å². The molecule has 2 aromatic rings.